The third-order valence-electron chi connectivity index (χ3n) is 5.65. The highest BCUT2D eigenvalue weighted by atomic mass is 16.5. The van der Waals surface area contributed by atoms with E-state index in [2.05, 4.69) is 44.7 Å². The molecule has 0 saturated carbocycles. The lowest BCUT2D eigenvalue weighted by molar-refractivity contribution is -0.154. The highest BCUT2D eigenvalue weighted by molar-refractivity contribution is 5.75. The largest absolute Gasteiger partial charge is 0.508 e. The molecule has 1 unspecified atom stereocenters. The quantitative estimate of drug-likeness (QED) is 0.492. The minimum atomic E-state index is -0.538. The zero-order valence-electron chi connectivity index (χ0n) is 20.2. The van der Waals surface area contributed by atoms with E-state index >= 15 is 0 Å². The first-order chi connectivity index (χ1) is 14.5. The SMILES string of the molecule is CC(C)N(CCC(c1ccccc1)c1cc(COC(=O)C(C)(C)C)ccc1O)C(C)C. The molecule has 2 rings (SSSR count). The van der Waals surface area contributed by atoms with E-state index < -0.39 is 5.41 Å². The molecule has 4 nitrogen and oxygen atoms in total. The molecule has 170 valence electrons. The fourth-order valence-corrected chi connectivity index (χ4v) is 3.92. The third kappa shape index (κ3) is 7.10. The minimum absolute atomic E-state index is 0.0551. The van der Waals surface area contributed by atoms with Gasteiger partial charge < -0.3 is 9.84 Å². The van der Waals surface area contributed by atoms with Crippen LogP contribution in [0.4, 0.5) is 0 Å². The molecule has 31 heavy (non-hydrogen) atoms. The average molecular weight is 426 g/mol. The summed E-state index contributed by atoms with van der Waals surface area (Å²) in [5.74, 6) is 0.103. The maximum absolute atomic E-state index is 12.2. The number of nitrogens with zero attached hydrogens (tertiary/aromatic N) is 1. The maximum Gasteiger partial charge on any atom is 0.311 e. The predicted molar refractivity (Wildman–Crippen MR) is 127 cm³/mol. The molecule has 0 aromatic heterocycles. The van der Waals surface area contributed by atoms with Crippen LogP contribution in [0.5, 0.6) is 5.75 Å². The summed E-state index contributed by atoms with van der Waals surface area (Å²) >= 11 is 0. The molecule has 0 aliphatic carbocycles. The summed E-state index contributed by atoms with van der Waals surface area (Å²) < 4.78 is 5.51. The second-order valence-electron chi connectivity index (χ2n) is 9.90. The molecule has 0 amide bonds. The van der Waals surface area contributed by atoms with Gasteiger partial charge in [0, 0.05) is 23.6 Å². The molecule has 0 saturated heterocycles. The van der Waals surface area contributed by atoms with E-state index in [-0.39, 0.29) is 24.2 Å². The molecule has 0 bridgehead atoms. The van der Waals surface area contributed by atoms with Gasteiger partial charge in [-0.05, 0) is 84.7 Å². The summed E-state index contributed by atoms with van der Waals surface area (Å²) in [6.45, 7) is 15.6. The van der Waals surface area contributed by atoms with Crippen LogP contribution in [0.25, 0.3) is 0 Å². The zero-order valence-corrected chi connectivity index (χ0v) is 20.2. The van der Waals surface area contributed by atoms with Crippen LogP contribution in [0, 0.1) is 5.41 Å². The fourth-order valence-electron chi connectivity index (χ4n) is 3.92. The summed E-state index contributed by atoms with van der Waals surface area (Å²) in [6.07, 6.45) is 0.888. The van der Waals surface area contributed by atoms with Crippen LogP contribution >= 0.6 is 0 Å². The van der Waals surface area contributed by atoms with Gasteiger partial charge in [0.2, 0.25) is 0 Å². The van der Waals surface area contributed by atoms with E-state index in [1.807, 2.05) is 51.1 Å². The number of ether oxygens (including phenoxy) is 1. The van der Waals surface area contributed by atoms with Crippen LogP contribution in [0.1, 0.15) is 77.5 Å². The van der Waals surface area contributed by atoms with Crippen molar-refractivity contribution in [3.05, 3.63) is 65.2 Å². The minimum Gasteiger partial charge on any atom is -0.508 e. The number of phenolic OH excluding ortho intramolecular Hbond substituents is 1. The van der Waals surface area contributed by atoms with Gasteiger partial charge >= 0.3 is 5.97 Å². The Morgan fingerprint density at radius 3 is 2.16 bits per heavy atom. The molecule has 0 aliphatic heterocycles. The third-order valence-corrected chi connectivity index (χ3v) is 5.65. The molecule has 0 spiro atoms. The van der Waals surface area contributed by atoms with Crippen LogP contribution in [-0.4, -0.2) is 34.6 Å². The maximum atomic E-state index is 12.2. The molecular weight excluding hydrogens is 386 g/mol. The van der Waals surface area contributed by atoms with Crippen molar-refractivity contribution in [3.63, 3.8) is 0 Å². The number of carbonyl (C=O) groups is 1. The number of benzene rings is 2. The van der Waals surface area contributed by atoms with Crippen LogP contribution in [-0.2, 0) is 16.1 Å². The van der Waals surface area contributed by atoms with Gasteiger partial charge in [-0.2, -0.15) is 0 Å². The Bertz CT molecular complexity index is 829. The Labute approximate surface area is 188 Å². The van der Waals surface area contributed by atoms with E-state index in [9.17, 15) is 9.90 Å². The summed E-state index contributed by atoms with van der Waals surface area (Å²) in [7, 11) is 0. The second-order valence-corrected chi connectivity index (χ2v) is 9.90. The normalized spacial score (nSPS) is 13.1. The van der Waals surface area contributed by atoms with Gasteiger partial charge in [-0.1, -0.05) is 36.4 Å². The fraction of sp³-hybridized carbons (Fsp3) is 0.519. The molecule has 2 aromatic rings. The van der Waals surface area contributed by atoms with Gasteiger partial charge in [0.25, 0.3) is 0 Å². The monoisotopic (exact) mass is 425 g/mol. The van der Waals surface area contributed by atoms with Gasteiger partial charge in [0.1, 0.15) is 12.4 Å². The lowest BCUT2D eigenvalue weighted by atomic mass is 9.86. The average Bonchev–Trinajstić information content (AvgIpc) is 2.70. The Kier molecular flexibility index (Phi) is 8.69. The van der Waals surface area contributed by atoms with Gasteiger partial charge in [-0.15, -0.1) is 0 Å². The van der Waals surface area contributed by atoms with E-state index in [1.54, 1.807) is 6.07 Å². The summed E-state index contributed by atoms with van der Waals surface area (Å²) in [5, 5.41) is 10.7. The molecule has 0 heterocycles. The Morgan fingerprint density at radius 1 is 1.00 bits per heavy atom. The second kappa shape index (κ2) is 10.8. The first-order valence-electron chi connectivity index (χ1n) is 11.3. The lowest BCUT2D eigenvalue weighted by Crippen LogP contribution is -2.38. The number of aromatic hydroxyl groups is 1. The van der Waals surface area contributed by atoms with Gasteiger partial charge in [-0.25, -0.2) is 0 Å². The van der Waals surface area contributed by atoms with Crippen molar-refractivity contribution in [2.24, 2.45) is 5.41 Å². The Balaban J connectivity index is 2.31. The van der Waals surface area contributed by atoms with Gasteiger partial charge in [0.15, 0.2) is 0 Å². The standard InChI is InChI=1S/C27H39NO3/c1-19(2)28(20(3)4)16-15-23(22-11-9-8-10-12-22)24-17-21(13-14-25(24)29)18-31-26(30)27(5,6)7/h8-14,17,19-20,23,29H,15-16,18H2,1-7H3. The van der Waals surface area contributed by atoms with Crippen molar-refractivity contribution in [2.75, 3.05) is 6.54 Å². The van der Waals surface area contributed by atoms with Crippen molar-refractivity contribution in [1.82, 2.24) is 4.90 Å². The van der Waals surface area contributed by atoms with Crippen LogP contribution in [0.2, 0.25) is 0 Å². The molecule has 2 aromatic carbocycles. The molecule has 4 heteroatoms. The van der Waals surface area contributed by atoms with Crippen LogP contribution in [0.3, 0.4) is 0 Å². The van der Waals surface area contributed by atoms with Crippen molar-refractivity contribution in [1.29, 1.82) is 0 Å². The van der Waals surface area contributed by atoms with Crippen LogP contribution < -0.4 is 0 Å². The number of phenols is 1. The zero-order chi connectivity index (χ0) is 23.2. The Hall–Kier alpha value is -2.33. The first kappa shape index (κ1) is 24.9. The highest BCUT2D eigenvalue weighted by Crippen LogP contribution is 2.35. The van der Waals surface area contributed by atoms with Crippen LogP contribution in [0.15, 0.2) is 48.5 Å². The summed E-state index contributed by atoms with van der Waals surface area (Å²) in [6, 6.07) is 16.8. The number of rotatable bonds is 9. The summed E-state index contributed by atoms with van der Waals surface area (Å²) in [4.78, 5) is 14.6. The Morgan fingerprint density at radius 2 is 1.61 bits per heavy atom. The molecule has 0 aliphatic rings. The topological polar surface area (TPSA) is 49.8 Å². The summed E-state index contributed by atoms with van der Waals surface area (Å²) in [5.41, 5.74) is 2.40. The highest BCUT2D eigenvalue weighted by Gasteiger charge is 2.24. The van der Waals surface area contributed by atoms with Gasteiger partial charge in [0.05, 0.1) is 5.41 Å². The molecule has 1 N–H and O–H groups in total. The number of hydrogen-bond acceptors (Lipinski definition) is 4. The van der Waals surface area contributed by atoms with E-state index in [0.29, 0.717) is 12.1 Å². The first-order valence-corrected chi connectivity index (χ1v) is 11.3. The predicted octanol–water partition coefficient (Wildman–Crippen LogP) is 6.12. The molecule has 0 radical (unpaired) electrons. The molecular formula is C27H39NO3. The molecule has 0 fully saturated rings. The van der Waals surface area contributed by atoms with Crippen molar-refractivity contribution in [2.45, 2.75) is 79.5 Å². The lowest BCUT2D eigenvalue weighted by Gasteiger charge is -2.32. The van der Waals surface area contributed by atoms with Crippen molar-refractivity contribution < 1.29 is 14.6 Å². The number of carbonyl (C=O) groups excluding carboxylic acids is 1. The van der Waals surface area contributed by atoms with E-state index in [1.165, 1.54) is 5.56 Å². The number of esters is 1. The van der Waals surface area contributed by atoms with Gasteiger partial charge in [-0.3, -0.25) is 9.69 Å². The smallest absolute Gasteiger partial charge is 0.311 e. The molecule has 1 atom stereocenters. The number of hydrogen-bond donors (Lipinski definition) is 1. The van der Waals surface area contributed by atoms with Crippen molar-refractivity contribution >= 4 is 5.97 Å². The van der Waals surface area contributed by atoms with E-state index in [0.717, 1.165) is 24.1 Å². The van der Waals surface area contributed by atoms with E-state index in [4.69, 9.17) is 4.74 Å². The van der Waals surface area contributed by atoms with Crippen molar-refractivity contribution in [3.8, 4) is 5.75 Å².